The van der Waals surface area contributed by atoms with E-state index in [2.05, 4.69) is 0 Å². The van der Waals surface area contributed by atoms with Crippen molar-refractivity contribution in [3.8, 4) is 0 Å². The van der Waals surface area contributed by atoms with E-state index in [1.165, 1.54) is 17.7 Å². The van der Waals surface area contributed by atoms with Gasteiger partial charge in [0.2, 0.25) is 0 Å². The van der Waals surface area contributed by atoms with Crippen LogP contribution in [0.4, 0.5) is 4.39 Å². The third-order valence-electron chi connectivity index (χ3n) is 1.32. The molecular weight excluding hydrogens is 159 g/mol. The fourth-order valence-electron chi connectivity index (χ4n) is 0.720. The Hall–Kier alpha value is -1.47. The van der Waals surface area contributed by atoms with Crippen LogP contribution in [-0.4, -0.2) is 6.15 Å². The first-order valence-electron chi connectivity index (χ1n) is 3.48. The van der Waals surface area contributed by atoms with Crippen LogP contribution in [0.25, 0.3) is 0 Å². The quantitative estimate of drug-likeness (QED) is 0.640. The van der Waals surface area contributed by atoms with Gasteiger partial charge in [-0.3, -0.25) is 0 Å². The van der Waals surface area contributed by atoms with Crippen molar-refractivity contribution >= 4 is 6.15 Å². The van der Waals surface area contributed by atoms with Gasteiger partial charge < -0.3 is 0 Å². The van der Waals surface area contributed by atoms with Crippen LogP contribution in [0.2, 0.25) is 0 Å². The zero-order chi connectivity index (χ0) is 9.40. The Morgan fingerprint density at radius 3 is 2.00 bits per heavy atom. The first kappa shape index (κ1) is 10.5. The molecule has 0 aliphatic rings. The van der Waals surface area contributed by atoms with Crippen LogP contribution >= 0.6 is 0 Å². The largest absolute Gasteiger partial charge is 0.373 e. The van der Waals surface area contributed by atoms with Crippen LogP contribution in [0.3, 0.4) is 0 Å². The second-order valence-electron chi connectivity index (χ2n) is 2.06. The summed E-state index contributed by atoms with van der Waals surface area (Å²) in [6.45, 7) is 2.05. The van der Waals surface area contributed by atoms with Gasteiger partial charge in [-0.15, -0.1) is 0 Å². The normalized spacial score (nSPS) is 7.83. The molecule has 0 aromatic heterocycles. The standard InChI is InChI=1S/C8H9F.CO2/c1-2-7-3-5-8(9)6-4-7;2-1-3/h3-6H,2H2,1H3;. The summed E-state index contributed by atoms with van der Waals surface area (Å²) >= 11 is 0. The predicted molar refractivity (Wildman–Crippen MR) is 40.8 cm³/mol. The Morgan fingerprint density at radius 2 is 1.67 bits per heavy atom. The van der Waals surface area contributed by atoms with E-state index in [9.17, 15) is 4.39 Å². The number of aryl methyl sites for hydroxylation is 1. The van der Waals surface area contributed by atoms with Crippen molar-refractivity contribution in [2.75, 3.05) is 0 Å². The van der Waals surface area contributed by atoms with Gasteiger partial charge in [0, 0.05) is 0 Å². The molecule has 0 fully saturated rings. The average molecular weight is 168 g/mol. The smallest absolute Gasteiger partial charge is 0.207 e. The van der Waals surface area contributed by atoms with E-state index in [1.54, 1.807) is 12.1 Å². The molecule has 1 aromatic carbocycles. The van der Waals surface area contributed by atoms with Crippen LogP contribution in [0, 0.1) is 5.82 Å². The molecule has 0 spiro atoms. The summed E-state index contributed by atoms with van der Waals surface area (Å²) in [6.07, 6.45) is 1.22. The van der Waals surface area contributed by atoms with Gasteiger partial charge in [-0.2, -0.15) is 9.59 Å². The van der Waals surface area contributed by atoms with Crippen molar-refractivity contribution in [2.45, 2.75) is 13.3 Å². The molecule has 0 N–H and O–H groups in total. The topological polar surface area (TPSA) is 34.1 Å². The van der Waals surface area contributed by atoms with E-state index in [4.69, 9.17) is 9.59 Å². The van der Waals surface area contributed by atoms with Crippen molar-refractivity contribution in [1.29, 1.82) is 0 Å². The SMILES string of the molecule is CCc1ccc(F)cc1.O=C=O. The fourth-order valence-corrected chi connectivity index (χ4v) is 0.720. The maximum absolute atomic E-state index is 12.2. The molecule has 0 saturated carbocycles. The van der Waals surface area contributed by atoms with Crippen LogP contribution in [-0.2, 0) is 16.0 Å². The lowest BCUT2D eigenvalue weighted by molar-refractivity contribution is -0.191. The van der Waals surface area contributed by atoms with Gasteiger partial charge in [-0.05, 0) is 24.1 Å². The number of rotatable bonds is 1. The minimum Gasteiger partial charge on any atom is -0.207 e. The summed E-state index contributed by atoms with van der Waals surface area (Å²) in [7, 11) is 0. The summed E-state index contributed by atoms with van der Waals surface area (Å²) in [5.41, 5.74) is 1.18. The molecule has 12 heavy (non-hydrogen) atoms. The molecule has 3 heteroatoms. The number of benzene rings is 1. The van der Waals surface area contributed by atoms with Gasteiger partial charge >= 0.3 is 6.15 Å². The van der Waals surface area contributed by atoms with E-state index in [-0.39, 0.29) is 12.0 Å². The van der Waals surface area contributed by atoms with Gasteiger partial charge in [-0.1, -0.05) is 19.1 Å². The molecule has 0 unspecified atom stereocenters. The highest BCUT2D eigenvalue weighted by atomic mass is 19.1. The molecule has 0 aliphatic carbocycles. The van der Waals surface area contributed by atoms with Gasteiger partial charge in [0.1, 0.15) is 5.82 Å². The van der Waals surface area contributed by atoms with Crippen LogP contribution in [0.5, 0.6) is 0 Å². The second kappa shape index (κ2) is 6.25. The molecule has 1 rings (SSSR count). The Bertz CT molecular complexity index is 248. The third kappa shape index (κ3) is 4.36. The molecular formula is C9H9FO2. The molecule has 0 aliphatic heterocycles. The maximum Gasteiger partial charge on any atom is 0.373 e. The molecule has 0 heterocycles. The third-order valence-corrected chi connectivity index (χ3v) is 1.32. The Balaban J connectivity index is 0.000000354. The lowest BCUT2D eigenvalue weighted by atomic mass is 10.2. The van der Waals surface area contributed by atoms with Crippen molar-refractivity contribution < 1.29 is 14.0 Å². The number of halogens is 1. The van der Waals surface area contributed by atoms with E-state index in [0.29, 0.717) is 0 Å². The summed E-state index contributed by atoms with van der Waals surface area (Å²) < 4.78 is 12.2. The minimum atomic E-state index is -0.160. The molecule has 0 radical (unpaired) electrons. The molecule has 64 valence electrons. The predicted octanol–water partition coefficient (Wildman–Crippen LogP) is 1.80. The van der Waals surface area contributed by atoms with Crippen molar-refractivity contribution in [3.63, 3.8) is 0 Å². The molecule has 0 saturated heterocycles. The van der Waals surface area contributed by atoms with Crippen molar-refractivity contribution in [1.82, 2.24) is 0 Å². The first-order chi connectivity index (χ1) is 5.74. The lowest BCUT2D eigenvalue weighted by Crippen LogP contribution is -1.78. The molecule has 2 nitrogen and oxygen atoms in total. The number of hydrogen-bond acceptors (Lipinski definition) is 2. The van der Waals surface area contributed by atoms with Gasteiger partial charge in [0.25, 0.3) is 0 Å². The summed E-state index contributed by atoms with van der Waals surface area (Å²) in [5.74, 6) is -0.160. The lowest BCUT2D eigenvalue weighted by Gasteiger charge is -1.92. The van der Waals surface area contributed by atoms with Crippen LogP contribution in [0.15, 0.2) is 24.3 Å². The van der Waals surface area contributed by atoms with Gasteiger partial charge in [0.05, 0.1) is 0 Å². The van der Waals surface area contributed by atoms with Gasteiger partial charge in [0.15, 0.2) is 0 Å². The van der Waals surface area contributed by atoms with E-state index in [0.717, 1.165) is 6.42 Å². The molecule has 0 atom stereocenters. The highest BCUT2D eigenvalue weighted by molar-refractivity contribution is 5.20. The highest BCUT2D eigenvalue weighted by Gasteiger charge is 1.87. The van der Waals surface area contributed by atoms with E-state index >= 15 is 0 Å². The zero-order valence-electron chi connectivity index (χ0n) is 6.71. The van der Waals surface area contributed by atoms with Crippen molar-refractivity contribution in [3.05, 3.63) is 35.6 Å². The highest BCUT2D eigenvalue weighted by Crippen LogP contribution is 2.01. The molecule has 0 amide bonds. The maximum atomic E-state index is 12.2. The number of carbonyl (C=O) groups excluding carboxylic acids is 2. The summed E-state index contributed by atoms with van der Waals surface area (Å²) in [4.78, 5) is 16.2. The van der Waals surface area contributed by atoms with Crippen LogP contribution in [0.1, 0.15) is 12.5 Å². The Kier molecular flexibility index (Phi) is 5.49. The molecule has 1 aromatic rings. The van der Waals surface area contributed by atoms with E-state index in [1.807, 2.05) is 6.92 Å². The Morgan fingerprint density at radius 1 is 1.25 bits per heavy atom. The monoisotopic (exact) mass is 168 g/mol. The second-order valence-corrected chi connectivity index (χ2v) is 2.06. The average Bonchev–Trinajstić information content (AvgIpc) is 2.07. The minimum absolute atomic E-state index is 0.160. The molecule has 0 bridgehead atoms. The van der Waals surface area contributed by atoms with E-state index < -0.39 is 0 Å². The first-order valence-corrected chi connectivity index (χ1v) is 3.48. The number of hydrogen-bond donors (Lipinski definition) is 0. The zero-order valence-corrected chi connectivity index (χ0v) is 6.71. The van der Waals surface area contributed by atoms with Gasteiger partial charge in [-0.25, -0.2) is 4.39 Å². The Labute approximate surface area is 70.0 Å². The van der Waals surface area contributed by atoms with Crippen molar-refractivity contribution in [2.24, 2.45) is 0 Å². The summed E-state index contributed by atoms with van der Waals surface area (Å²) in [6, 6.07) is 6.57. The van der Waals surface area contributed by atoms with Crippen LogP contribution < -0.4 is 0 Å². The summed E-state index contributed by atoms with van der Waals surface area (Å²) in [5, 5.41) is 0. The fraction of sp³-hybridized carbons (Fsp3) is 0.222.